The summed E-state index contributed by atoms with van der Waals surface area (Å²) in [7, 11) is 0. The van der Waals surface area contributed by atoms with E-state index >= 15 is 0 Å². The third-order valence-electron chi connectivity index (χ3n) is 5.53. The molecule has 0 radical (unpaired) electrons. The molecule has 0 spiro atoms. The lowest BCUT2D eigenvalue weighted by Gasteiger charge is -2.53. The molecule has 1 saturated carbocycles. The van der Waals surface area contributed by atoms with Crippen LogP contribution in [0, 0.1) is 5.41 Å². The highest BCUT2D eigenvalue weighted by Crippen LogP contribution is 2.46. The number of amides is 1. The van der Waals surface area contributed by atoms with Gasteiger partial charge in [-0.15, -0.1) is 0 Å². The minimum atomic E-state index is -0.886. The van der Waals surface area contributed by atoms with E-state index in [1.807, 2.05) is 20.8 Å². The zero-order chi connectivity index (χ0) is 17.5. The minimum absolute atomic E-state index is 0.266. The molecule has 0 bridgehead atoms. The van der Waals surface area contributed by atoms with Crippen molar-refractivity contribution in [1.29, 1.82) is 0 Å². The standard InChI is InChI=1S/C18H34N2O3/c1-15(2,3)23-14(21)20-12-6-7-17(19,13-20)18(22)10-8-16(4,5)9-11-18/h22H,6-13,19H2,1-5H3. The summed E-state index contributed by atoms with van der Waals surface area (Å²) in [5, 5.41) is 11.2. The summed E-state index contributed by atoms with van der Waals surface area (Å²) in [5.41, 5.74) is 4.78. The SMILES string of the molecule is CC1(C)CCC(O)(C2(N)CCCN(C(=O)OC(C)(C)C)C2)CC1. The van der Waals surface area contributed by atoms with Gasteiger partial charge in [0.1, 0.15) is 5.60 Å². The molecule has 5 heteroatoms. The number of carbonyl (C=O) groups is 1. The fourth-order valence-electron chi connectivity index (χ4n) is 3.78. The molecule has 2 fully saturated rings. The van der Waals surface area contributed by atoms with Gasteiger partial charge in [0, 0.05) is 13.1 Å². The molecule has 2 aliphatic rings. The molecule has 1 saturated heterocycles. The third-order valence-corrected chi connectivity index (χ3v) is 5.53. The molecule has 3 N–H and O–H groups in total. The zero-order valence-electron chi connectivity index (χ0n) is 15.4. The first kappa shape index (κ1) is 18.5. The Hall–Kier alpha value is -0.810. The largest absolute Gasteiger partial charge is 0.444 e. The Labute approximate surface area is 140 Å². The van der Waals surface area contributed by atoms with Crippen LogP contribution in [0.15, 0.2) is 0 Å². The van der Waals surface area contributed by atoms with E-state index in [9.17, 15) is 9.90 Å². The highest BCUT2D eigenvalue weighted by molar-refractivity contribution is 5.68. The smallest absolute Gasteiger partial charge is 0.410 e. The molecule has 5 nitrogen and oxygen atoms in total. The van der Waals surface area contributed by atoms with E-state index < -0.39 is 16.7 Å². The lowest BCUT2D eigenvalue weighted by atomic mass is 9.62. The normalized spacial score (nSPS) is 30.8. The number of likely N-dealkylation sites (tertiary alicyclic amines) is 1. The van der Waals surface area contributed by atoms with Crippen molar-refractivity contribution in [2.75, 3.05) is 13.1 Å². The molecular formula is C18H34N2O3. The third kappa shape index (κ3) is 4.18. The highest BCUT2D eigenvalue weighted by Gasteiger charge is 2.52. The van der Waals surface area contributed by atoms with E-state index in [1.165, 1.54) is 0 Å². The van der Waals surface area contributed by atoms with E-state index in [1.54, 1.807) is 4.90 Å². The van der Waals surface area contributed by atoms with E-state index in [4.69, 9.17) is 10.5 Å². The number of nitrogens with two attached hydrogens (primary N) is 1. The monoisotopic (exact) mass is 326 g/mol. The van der Waals surface area contributed by atoms with Gasteiger partial charge in [-0.2, -0.15) is 0 Å². The first-order valence-electron chi connectivity index (χ1n) is 8.85. The molecule has 1 unspecified atom stereocenters. The van der Waals surface area contributed by atoms with Crippen LogP contribution < -0.4 is 5.73 Å². The maximum atomic E-state index is 12.4. The summed E-state index contributed by atoms with van der Waals surface area (Å²) in [4.78, 5) is 14.0. The summed E-state index contributed by atoms with van der Waals surface area (Å²) in [5.74, 6) is 0. The van der Waals surface area contributed by atoms with Crippen molar-refractivity contribution in [3.05, 3.63) is 0 Å². The van der Waals surface area contributed by atoms with Crippen molar-refractivity contribution in [3.8, 4) is 0 Å². The molecule has 0 aromatic carbocycles. The fraction of sp³-hybridized carbons (Fsp3) is 0.944. The van der Waals surface area contributed by atoms with Gasteiger partial charge < -0.3 is 20.5 Å². The van der Waals surface area contributed by atoms with Crippen molar-refractivity contribution in [1.82, 2.24) is 4.90 Å². The maximum absolute atomic E-state index is 12.4. The van der Waals surface area contributed by atoms with E-state index in [2.05, 4.69) is 13.8 Å². The molecule has 1 aliphatic carbocycles. The number of piperidine rings is 1. The lowest BCUT2D eigenvalue weighted by Crippen LogP contribution is -2.69. The first-order chi connectivity index (χ1) is 10.4. The first-order valence-corrected chi connectivity index (χ1v) is 8.85. The van der Waals surface area contributed by atoms with Gasteiger partial charge in [0.15, 0.2) is 0 Å². The second-order valence-electron chi connectivity index (χ2n) is 9.36. The van der Waals surface area contributed by atoms with Gasteiger partial charge in [0.25, 0.3) is 0 Å². The molecule has 1 atom stereocenters. The average molecular weight is 326 g/mol. The number of hydrogen-bond donors (Lipinski definition) is 2. The molecule has 23 heavy (non-hydrogen) atoms. The number of aliphatic hydroxyl groups is 1. The van der Waals surface area contributed by atoms with Gasteiger partial charge in [0.2, 0.25) is 0 Å². The summed E-state index contributed by atoms with van der Waals surface area (Å²) in [6.45, 7) is 11.1. The molecule has 0 aromatic rings. The van der Waals surface area contributed by atoms with Crippen LogP contribution in [0.2, 0.25) is 0 Å². The summed E-state index contributed by atoms with van der Waals surface area (Å²) >= 11 is 0. The van der Waals surface area contributed by atoms with Crippen LogP contribution in [0.4, 0.5) is 4.79 Å². The van der Waals surface area contributed by atoms with Crippen LogP contribution in [0.25, 0.3) is 0 Å². The van der Waals surface area contributed by atoms with Crippen LogP contribution in [0.3, 0.4) is 0 Å². The minimum Gasteiger partial charge on any atom is -0.444 e. The number of ether oxygens (including phenoxy) is 1. The van der Waals surface area contributed by atoms with Gasteiger partial charge in [-0.1, -0.05) is 13.8 Å². The number of rotatable bonds is 1. The van der Waals surface area contributed by atoms with E-state index in [0.29, 0.717) is 25.9 Å². The van der Waals surface area contributed by atoms with Gasteiger partial charge in [0.05, 0.1) is 11.1 Å². The number of carbonyl (C=O) groups excluding carboxylic acids is 1. The molecule has 134 valence electrons. The van der Waals surface area contributed by atoms with Crippen molar-refractivity contribution < 1.29 is 14.6 Å². The van der Waals surface area contributed by atoms with Crippen LogP contribution >= 0.6 is 0 Å². The summed E-state index contributed by atoms with van der Waals surface area (Å²) in [6.07, 6.45) is 4.58. The summed E-state index contributed by atoms with van der Waals surface area (Å²) < 4.78 is 5.47. The maximum Gasteiger partial charge on any atom is 0.410 e. The quantitative estimate of drug-likeness (QED) is 0.776. The van der Waals surface area contributed by atoms with Crippen molar-refractivity contribution in [3.63, 3.8) is 0 Å². The van der Waals surface area contributed by atoms with Crippen molar-refractivity contribution >= 4 is 6.09 Å². The van der Waals surface area contributed by atoms with Crippen LogP contribution in [0.5, 0.6) is 0 Å². The Bertz CT molecular complexity index is 446. The van der Waals surface area contributed by atoms with Gasteiger partial charge >= 0.3 is 6.09 Å². The highest BCUT2D eigenvalue weighted by atomic mass is 16.6. The molecule has 1 heterocycles. The Kier molecular flexibility index (Phi) is 4.77. The fourth-order valence-corrected chi connectivity index (χ4v) is 3.78. The molecular weight excluding hydrogens is 292 g/mol. The second kappa shape index (κ2) is 5.92. The predicted molar refractivity (Wildman–Crippen MR) is 91.2 cm³/mol. The topological polar surface area (TPSA) is 75.8 Å². The van der Waals surface area contributed by atoms with E-state index in [-0.39, 0.29) is 11.5 Å². The van der Waals surface area contributed by atoms with E-state index in [0.717, 1.165) is 25.7 Å². The summed E-state index contributed by atoms with van der Waals surface area (Å²) in [6, 6.07) is 0. The lowest BCUT2D eigenvalue weighted by molar-refractivity contribution is -0.105. The van der Waals surface area contributed by atoms with Crippen LogP contribution in [-0.2, 0) is 4.74 Å². The molecule has 2 rings (SSSR count). The van der Waals surface area contributed by atoms with Gasteiger partial charge in [-0.3, -0.25) is 0 Å². The Morgan fingerprint density at radius 3 is 2.22 bits per heavy atom. The Balaban J connectivity index is 2.08. The zero-order valence-corrected chi connectivity index (χ0v) is 15.4. The number of nitrogens with zero attached hydrogens (tertiary/aromatic N) is 1. The Morgan fingerprint density at radius 2 is 1.70 bits per heavy atom. The van der Waals surface area contributed by atoms with Crippen LogP contribution in [0.1, 0.15) is 73.1 Å². The van der Waals surface area contributed by atoms with Gasteiger partial charge in [-0.25, -0.2) is 4.79 Å². The number of hydrogen-bond acceptors (Lipinski definition) is 4. The van der Waals surface area contributed by atoms with Gasteiger partial charge in [-0.05, 0) is 64.7 Å². The Morgan fingerprint density at radius 1 is 1.13 bits per heavy atom. The molecule has 1 aliphatic heterocycles. The predicted octanol–water partition coefficient (Wildman–Crippen LogP) is 3.05. The van der Waals surface area contributed by atoms with Crippen molar-refractivity contribution in [2.24, 2.45) is 11.1 Å². The molecule has 0 aromatic heterocycles. The van der Waals surface area contributed by atoms with Crippen LogP contribution in [-0.4, -0.2) is 45.9 Å². The van der Waals surface area contributed by atoms with Crippen molar-refractivity contribution in [2.45, 2.75) is 89.9 Å². The molecule has 1 amide bonds. The second-order valence-corrected chi connectivity index (χ2v) is 9.36. The average Bonchev–Trinajstić information content (AvgIpc) is 2.40.